The van der Waals surface area contributed by atoms with Crippen LogP contribution in [0.5, 0.6) is 0 Å². The molecule has 6 heteroatoms. The lowest BCUT2D eigenvalue weighted by atomic mass is 10.2. The van der Waals surface area contributed by atoms with Crippen molar-refractivity contribution in [1.82, 2.24) is 5.32 Å². The number of benzene rings is 3. The van der Waals surface area contributed by atoms with Gasteiger partial charge in [0.05, 0.1) is 0 Å². The van der Waals surface area contributed by atoms with Crippen molar-refractivity contribution in [3.05, 3.63) is 95.0 Å². The van der Waals surface area contributed by atoms with Crippen LogP contribution >= 0.6 is 11.6 Å². The molecule has 5 nitrogen and oxygen atoms in total. The highest BCUT2D eigenvalue weighted by molar-refractivity contribution is 6.30. The molecule has 0 heterocycles. The van der Waals surface area contributed by atoms with E-state index in [1.54, 1.807) is 48.5 Å². The third kappa shape index (κ3) is 5.59. The summed E-state index contributed by atoms with van der Waals surface area (Å²) in [7, 11) is 0. The Balaban J connectivity index is 1.53. The molecule has 0 aliphatic rings. The summed E-state index contributed by atoms with van der Waals surface area (Å²) >= 11 is 5.89. The Kier molecular flexibility index (Phi) is 6.07. The fourth-order valence-electron chi connectivity index (χ4n) is 2.44. The molecule has 0 aliphatic heterocycles. The molecule has 27 heavy (non-hydrogen) atoms. The van der Waals surface area contributed by atoms with E-state index in [9.17, 15) is 9.59 Å². The van der Waals surface area contributed by atoms with Crippen LogP contribution in [-0.2, 0) is 6.54 Å². The smallest absolute Gasteiger partial charge is 0.323 e. The number of anilines is 2. The number of rotatable bonds is 5. The molecule has 0 bridgehead atoms. The molecule has 0 atom stereocenters. The molecule has 0 unspecified atom stereocenters. The highest BCUT2D eigenvalue weighted by Gasteiger charge is 2.07. The second-order valence-corrected chi connectivity index (χ2v) is 6.27. The van der Waals surface area contributed by atoms with E-state index in [0.29, 0.717) is 28.5 Å². The Bertz CT molecular complexity index is 928. The minimum absolute atomic E-state index is 0.172. The van der Waals surface area contributed by atoms with Gasteiger partial charge in [-0.2, -0.15) is 0 Å². The molecule has 0 saturated heterocycles. The molecule has 136 valence electrons. The number of hydrogen-bond acceptors (Lipinski definition) is 2. The van der Waals surface area contributed by atoms with Crippen LogP contribution in [0.3, 0.4) is 0 Å². The topological polar surface area (TPSA) is 70.2 Å². The zero-order valence-electron chi connectivity index (χ0n) is 14.4. The maximum Gasteiger partial charge on any atom is 0.323 e. The molecule has 3 N–H and O–H groups in total. The van der Waals surface area contributed by atoms with Crippen molar-refractivity contribution in [1.29, 1.82) is 0 Å². The van der Waals surface area contributed by atoms with Gasteiger partial charge in [0.25, 0.3) is 5.91 Å². The van der Waals surface area contributed by atoms with Crippen molar-refractivity contribution in [3.63, 3.8) is 0 Å². The van der Waals surface area contributed by atoms with Crippen LogP contribution in [0.2, 0.25) is 5.02 Å². The summed E-state index contributed by atoms with van der Waals surface area (Å²) in [6.45, 7) is 0.460. The third-order valence-electron chi connectivity index (χ3n) is 3.78. The number of urea groups is 1. The molecule has 0 saturated carbocycles. The first-order chi connectivity index (χ1) is 13.1. The van der Waals surface area contributed by atoms with Crippen molar-refractivity contribution in [3.8, 4) is 0 Å². The molecule has 0 radical (unpaired) electrons. The van der Waals surface area contributed by atoms with Crippen LogP contribution in [0.15, 0.2) is 78.9 Å². The minimum Gasteiger partial charge on any atom is -0.348 e. The zero-order valence-corrected chi connectivity index (χ0v) is 15.2. The molecule has 3 amide bonds. The Hall–Kier alpha value is -3.31. The standard InChI is InChI=1S/C21H18ClN3O2/c22-17-7-4-8-19(13-17)25-21(27)24-18-11-9-16(10-12-18)20(26)23-14-15-5-2-1-3-6-15/h1-13H,14H2,(H,23,26)(H2,24,25,27). The predicted molar refractivity (Wildman–Crippen MR) is 108 cm³/mol. The maximum atomic E-state index is 12.2. The monoisotopic (exact) mass is 379 g/mol. The van der Waals surface area contributed by atoms with E-state index in [4.69, 9.17) is 11.6 Å². The van der Waals surface area contributed by atoms with Crippen molar-refractivity contribution in [2.24, 2.45) is 0 Å². The third-order valence-corrected chi connectivity index (χ3v) is 4.02. The molecule has 0 fully saturated rings. The molecule has 3 aromatic rings. The largest absolute Gasteiger partial charge is 0.348 e. The lowest BCUT2D eigenvalue weighted by Gasteiger charge is -2.09. The summed E-state index contributed by atoms with van der Waals surface area (Å²) in [5, 5.41) is 8.81. The van der Waals surface area contributed by atoms with Crippen LogP contribution in [0.1, 0.15) is 15.9 Å². The molecule has 0 aromatic heterocycles. The lowest BCUT2D eigenvalue weighted by Crippen LogP contribution is -2.23. The summed E-state index contributed by atoms with van der Waals surface area (Å²) in [6.07, 6.45) is 0. The number of hydrogen-bond donors (Lipinski definition) is 3. The van der Waals surface area contributed by atoms with Gasteiger partial charge in [-0.05, 0) is 48.0 Å². The Labute approximate surface area is 162 Å². The molecule has 3 aromatic carbocycles. The average Bonchev–Trinajstić information content (AvgIpc) is 2.67. The van der Waals surface area contributed by atoms with Crippen molar-refractivity contribution >= 4 is 34.9 Å². The number of halogens is 1. The first-order valence-electron chi connectivity index (χ1n) is 8.36. The first-order valence-corrected chi connectivity index (χ1v) is 8.74. The Morgan fingerprint density at radius 2 is 1.48 bits per heavy atom. The van der Waals surface area contributed by atoms with Crippen LogP contribution in [-0.4, -0.2) is 11.9 Å². The number of amides is 3. The zero-order chi connectivity index (χ0) is 19.1. The molecule has 0 spiro atoms. The summed E-state index contributed by atoms with van der Waals surface area (Å²) in [4.78, 5) is 24.2. The quantitative estimate of drug-likeness (QED) is 0.589. The minimum atomic E-state index is -0.390. The summed E-state index contributed by atoms with van der Waals surface area (Å²) in [5.41, 5.74) is 2.72. The van der Waals surface area contributed by atoms with Gasteiger partial charge < -0.3 is 16.0 Å². The van der Waals surface area contributed by atoms with E-state index >= 15 is 0 Å². The van der Waals surface area contributed by atoms with E-state index in [-0.39, 0.29) is 5.91 Å². The molecule has 3 rings (SSSR count). The molecular weight excluding hydrogens is 362 g/mol. The van der Waals surface area contributed by atoms with Crippen molar-refractivity contribution in [2.75, 3.05) is 10.6 Å². The number of carbonyl (C=O) groups excluding carboxylic acids is 2. The second kappa shape index (κ2) is 8.87. The summed E-state index contributed by atoms with van der Waals surface area (Å²) in [5.74, 6) is -0.172. The predicted octanol–water partition coefficient (Wildman–Crippen LogP) is 4.91. The molecular formula is C21H18ClN3O2. The van der Waals surface area contributed by atoms with Gasteiger partial charge in [0, 0.05) is 28.5 Å². The normalized spacial score (nSPS) is 10.1. The highest BCUT2D eigenvalue weighted by atomic mass is 35.5. The fourth-order valence-corrected chi connectivity index (χ4v) is 2.64. The van der Waals surface area contributed by atoms with Gasteiger partial charge in [-0.15, -0.1) is 0 Å². The fraction of sp³-hybridized carbons (Fsp3) is 0.0476. The van der Waals surface area contributed by atoms with Gasteiger partial charge in [0.15, 0.2) is 0 Å². The van der Waals surface area contributed by atoms with E-state index in [1.807, 2.05) is 30.3 Å². The Morgan fingerprint density at radius 1 is 0.778 bits per heavy atom. The summed E-state index contributed by atoms with van der Waals surface area (Å²) in [6, 6.07) is 22.8. The van der Waals surface area contributed by atoms with Gasteiger partial charge >= 0.3 is 6.03 Å². The van der Waals surface area contributed by atoms with E-state index in [2.05, 4.69) is 16.0 Å². The van der Waals surface area contributed by atoms with Crippen molar-refractivity contribution < 1.29 is 9.59 Å². The van der Waals surface area contributed by atoms with Crippen LogP contribution < -0.4 is 16.0 Å². The maximum absolute atomic E-state index is 12.2. The van der Waals surface area contributed by atoms with Crippen LogP contribution in [0.25, 0.3) is 0 Å². The van der Waals surface area contributed by atoms with Crippen LogP contribution in [0.4, 0.5) is 16.2 Å². The van der Waals surface area contributed by atoms with Gasteiger partial charge in [0.2, 0.25) is 0 Å². The second-order valence-electron chi connectivity index (χ2n) is 5.84. The van der Waals surface area contributed by atoms with Gasteiger partial charge in [-0.25, -0.2) is 4.79 Å². The average molecular weight is 380 g/mol. The van der Waals surface area contributed by atoms with E-state index < -0.39 is 6.03 Å². The SMILES string of the molecule is O=C(Nc1ccc(C(=O)NCc2ccccc2)cc1)Nc1cccc(Cl)c1. The van der Waals surface area contributed by atoms with Gasteiger partial charge in [-0.3, -0.25) is 4.79 Å². The highest BCUT2D eigenvalue weighted by Crippen LogP contribution is 2.16. The Morgan fingerprint density at radius 3 is 2.19 bits per heavy atom. The van der Waals surface area contributed by atoms with E-state index in [1.165, 1.54) is 0 Å². The van der Waals surface area contributed by atoms with Gasteiger partial charge in [0.1, 0.15) is 0 Å². The summed E-state index contributed by atoms with van der Waals surface area (Å²) < 4.78 is 0. The van der Waals surface area contributed by atoms with Crippen molar-refractivity contribution in [2.45, 2.75) is 6.54 Å². The first kappa shape index (κ1) is 18.5. The van der Waals surface area contributed by atoms with Gasteiger partial charge in [-0.1, -0.05) is 48.0 Å². The van der Waals surface area contributed by atoms with Crippen LogP contribution in [0, 0.1) is 0 Å². The number of nitrogens with one attached hydrogen (secondary N) is 3. The number of carbonyl (C=O) groups is 2. The lowest BCUT2D eigenvalue weighted by molar-refractivity contribution is 0.0951. The van der Waals surface area contributed by atoms with E-state index in [0.717, 1.165) is 5.56 Å². The molecule has 0 aliphatic carbocycles.